The molecule has 0 aromatic heterocycles. The molecule has 19 heavy (non-hydrogen) atoms. The van der Waals surface area contributed by atoms with E-state index in [-0.39, 0.29) is 17.6 Å². The van der Waals surface area contributed by atoms with E-state index in [1.54, 1.807) is 14.0 Å². The molecule has 1 N–H and O–H groups in total. The molecule has 2 aliphatic rings. The molecule has 3 heteroatoms. The lowest BCUT2D eigenvalue weighted by atomic mass is 9.74. The molecule has 2 aliphatic carbocycles. The monoisotopic (exact) mass is 260 g/mol. The Hall–Kier alpha value is -1.35. The van der Waals surface area contributed by atoms with Gasteiger partial charge >= 0.3 is 0 Å². The molecule has 0 saturated heterocycles. The molecule has 1 aromatic rings. The van der Waals surface area contributed by atoms with Crippen LogP contribution < -0.4 is 4.74 Å². The number of hydrogen-bond acceptors (Lipinski definition) is 3. The predicted octanol–water partition coefficient (Wildman–Crippen LogP) is 2.68. The standard InChI is InChI=1S/C16H20O3/c1-9-7-12-11(8-14(9)19-3)10-5-4-6-13(17)15(10)16(12,2)18/h7-8,10,15,18H,4-6H2,1-3H3/t10?,15?,16-/m0/s1. The predicted molar refractivity (Wildman–Crippen MR) is 72.4 cm³/mol. The molecule has 1 saturated carbocycles. The van der Waals surface area contributed by atoms with E-state index in [0.717, 1.165) is 35.3 Å². The van der Waals surface area contributed by atoms with Crippen molar-refractivity contribution < 1.29 is 14.6 Å². The maximum atomic E-state index is 12.2. The third kappa shape index (κ3) is 1.64. The molecule has 3 rings (SSSR count). The summed E-state index contributed by atoms with van der Waals surface area (Å²) in [5, 5.41) is 10.8. The van der Waals surface area contributed by atoms with E-state index in [4.69, 9.17) is 4.74 Å². The fourth-order valence-electron chi connectivity index (χ4n) is 3.92. The van der Waals surface area contributed by atoms with Crippen LogP contribution in [-0.4, -0.2) is 18.0 Å². The van der Waals surface area contributed by atoms with Crippen LogP contribution in [0.5, 0.6) is 5.75 Å². The lowest BCUT2D eigenvalue weighted by molar-refractivity contribution is -0.134. The van der Waals surface area contributed by atoms with Crippen LogP contribution in [0.1, 0.15) is 48.8 Å². The van der Waals surface area contributed by atoms with Gasteiger partial charge in [0, 0.05) is 6.42 Å². The van der Waals surface area contributed by atoms with Crippen molar-refractivity contribution in [2.75, 3.05) is 7.11 Å². The van der Waals surface area contributed by atoms with Crippen molar-refractivity contribution in [3.63, 3.8) is 0 Å². The molecule has 0 radical (unpaired) electrons. The van der Waals surface area contributed by atoms with Gasteiger partial charge in [-0.25, -0.2) is 0 Å². The van der Waals surface area contributed by atoms with Crippen molar-refractivity contribution in [1.29, 1.82) is 0 Å². The minimum absolute atomic E-state index is 0.153. The van der Waals surface area contributed by atoms with E-state index in [2.05, 4.69) is 0 Å². The largest absolute Gasteiger partial charge is 0.496 e. The summed E-state index contributed by atoms with van der Waals surface area (Å²) >= 11 is 0. The summed E-state index contributed by atoms with van der Waals surface area (Å²) < 4.78 is 5.38. The Morgan fingerprint density at radius 1 is 1.42 bits per heavy atom. The molecule has 0 heterocycles. The van der Waals surface area contributed by atoms with Crippen LogP contribution in [0.25, 0.3) is 0 Å². The molecular formula is C16H20O3. The Balaban J connectivity index is 2.19. The highest BCUT2D eigenvalue weighted by Gasteiger charge is 2.52. The molecule has 102 valence electrons. The van der Waals surface area contributed by atoms with E-state index in [9.17, 15) is 9.90 Å². The number of rotatable bonds is 1. The number of ether oxygens (including phenoxy) is 1. The van der Waals surface area contributed by atoms with Crippen LogP contribution in [0.4, 0.5) is 0 Å². The van der Waals surface area contributed by atoms with Gasteiger partial charge in [0.1, 0.15) is 11.5 Å². The van der Waals surface area contributed by atoms with Crippen LogP contribution in [0.2, 0.25) is 0 Å². The van der Waals surface area contributed by atoms with Crippen LogP contribution in [0, 0.1) is 12.8 Å². The molecule has 0 amide bonds. The maximum absolute atomic E-state index is 12.2. The molecular weight excluding hydrogens is 240 g/mol. The van der Waals surface area contributed by atoms with Gasteiger partial charge in [-0.15, -0.1) is 0 Å². The highest BCUT2D eigenvalue weighted by Crippen LogP contribution is 2.54. The lowest BCUT2D eigenvalue weighted by Crippen LogP contribution is -2.37. The van der Waals surface area contributed by atoms with Crippen molar-refractivity contribution in [1.82, 2.24) is 0 Å². The first kappa shape index (κ1) is 12.7. The van der Waals surface area contributed by atoms with Gasteiger partial charge in [0.05, 0.1) is 18.6 Å². The van der Waals surface area contributed by atoms with Crippen molar-refractivity contribution >= 4 is 5.78 Å². The number of fused-ring (bicyclic) bond motifs is 3. The second-order valence-corrected chi connectivity index (χ2v) is 6.00. The smallest absolute Gasteiger partial charge is 0.139 e. The van der Waals surface area contributed by atoms with Gasteiger partial charge < -0.3 is 9.84 Å². The van der Waals surface area contributed by atoms with Gasteiger partial charge in [0.25, 0.3) is 0 Å². The summed E-state index contributed by atoms with van der Waals surface area (Å²) in [5.41, 5.74) is 1.99. The quantitative estimate of drug-likeness (QED) is 0.844. The number of methoxy groups -OCH3 is 1. The highest BCUT2D eigenvalue weighted by molar-refractivity contribution is 5.86. The number of ketones is 1. The summed E-state index contributed by atoms with van der Waals surface area (Å²) in [7, 11) is 1.66. The lowest BCUT2D eigenvalue weighted by Gasteiger charge is -2.32. The zero-order chi connectivity index (χ0) is 13.8. The normalized spacial score (nSPS) is 32.9. The van der Waals surface area contributed by atoms with Gasteiger partial charge in [0.2, 0.25) is 0 Å². The maximum Gasteiger partial charge on any atom is 0.139 e. The van der Waals surface area contributed by atoms with E-state index in [1.165, 1.54) is 0 Å². The molecule has 0 spiro atoms. The Labute approximate surface area is 113 Å². The second kappa shape index (κ2) is 4.07. The topological polar surface area (TPSA) is 46.5 Å². The zero-order valence-electron chi connectivity index (χ0n) is 11.7. The van der Waals surface area contributed by atoms with Crippen LogP contribution >= 0.6 is 0 Å². The first-order chi connectivity index (χ1) is 8.96. The number of carbonyl (C=O) groups is 1. The van der Waals surface area contributed by atoms with Crippen molar-refractivity contribution in [3.05, 3.63) is 28.8 Å². The molecule has 3 nitrogen and oxygen atoms in total. The molecule has 3 atom stereocenters. The van der Waals surface area contributed by atoms with Crippen molar-refractivity contribution in [3.8, 4) is 5.75 Å². The van der Waals surface area contributed by atoms with Crippen LogP contribution in [0.3, 0.4) is 0 Å². The van der Waals surface area contributed by atoms with Gasteiger partial charge in [-0.1, -0.05) is 0 Å². The number of aryl methyl sites for hydroxylation is 1. The Kier molecular flexibility index (Phi) is 2.72. The average molecular weight is 260 g/mol. The summed E-state index contributed by atoms with van der Waals surface area (Å²) in [5.74, 6) is 0.922. The van der Waals surface area contributed by atoms with E-state index < -0.39 is 5.60 Å². The number of hydrogen-bond donors (Lipinski definition) is 1. The third-order valence-corrected chi connectivity index (χ3v) is 4.80. The Morgan fingerprint density at radius 3 is 2.84 bits per heavy atom. The van der Waals surface area contributed by atoms with Gasteiger partial charge in [-0.3, -0.25) is 4.79 Å². The van der Waals surface area contributed by atoms with Crippen molar-refractivity contribution in [2.45, 2.75) is 44.6 Å². The number of aliphatic hydroxyl groups is 1. The van der Waals surface area contributed by atoms with Gasteiger partial charge in [-0.05, 0) is 61.4 Å². The minimum atomic E-state index is -1.03. The minimum Gasteiger partial charge on any atom is -0.496 e. The van der Waals surface area contributed by atoms with E-state index in [0.29, 0.717) is 6.42 Å². The molecule has 1 aromatic carbocycles. The SMILES string of the molecule is COc1cc2c(cc1C)[C@](C)(O)C1C(=O)CCCC21. The first-order valence-corrected chi connectivity index (χ1v) is 6.91. The first-order valence-electron chi connectivity index (χ1n) is 6.91. The van der Waals surface area contributed by atoms with E-state index in [1.807, 2.05) is 19.1 Å². The van der Waals surface area contributed by atoms with E-state index >= 15 is 0 Å². The summed E-state index contributed by atoms with van der Waals surface area (Å²) in [6, 6.07) is 4.00. The fraction of sp³-hybridized carbons (Fsp3) is 0.562. The molecule has 2 unspecified atom stereocenters. The zero-order valence-corrected chi connectivity index (χ0v) is 11.7. The van der Waals surface area contributed by atoms with Gasteiger partial charge in [0.15, 0.2) is 0 Å². The fourth-order valence-corrected chi connectivity index (χ4v) is 3.92. The van der Waals surface area contributed by atoms with Crippen molar-refractivity contribution in [2.24, 2.45) is 5.92 Å². The second-order valence-electron chi connectivity index (χ2n) is 6.00. The number of Topliss-reactive ketones (excluding diaryl/α,β-unsaturated/α-hetero) is 1. The third-order valence-electron chi connectivity index (χ3n) is 4.80. The highest BCUT2D eigenvalue weighted by atomic mass is 16.5. The van der Waals surface area contributed by atoms with Gasteiger partial charge in [-0.2, -0.15) is 0 Å². The van der Waals surface area contributed by atoms with Crippen LogP contribution in [-0.2, 0) is 10.4 Å². The number of benzene rings is 1. The Bertz CT molecular complexity index is 545. The number of carbonyl (C=O) groups excluding carboxylic acids is 1. The Morgan fingerprint density at radius 2 is 2.16 bits per heavy atom. The molecule has 1 fully saturated rings. The average Bonchev–Trinajstić information content (AvgIpc) is 2.58. The summed E-state index contributed by atoms with van der Waals surface area (Å²) in [6.07, 6.45) is 2.50. The van der Waals surface area contributed by atoms with Crippen LogP contribution in [0.15, 0.2) is 12.1 Å². The summed E-state index contributed by atoms with van der Waals surface area (Å²) in [6.45, 7) is 3.75. The molecule has 0 aliphatic heterocycles. The summed E-state index contributed by atoms with van der Waals surface area (Å²) in [4.78, 5) is 12.2. The molecule has 0 bridgehead atoms.